The fraction of sp³-hybridized carbons (Fsp3) is 0.765. The first-order valence-electron chi connectivity index (χ1n) is 15.5. The van der Waals surface area contributed by atoms with Crippen LogP contribution in [-0.2, 0) is 6.42 Å². The summed E-state index contributed by atoms with van der Waals surface area (Å²) in [5.74, 6) is 0. The second kappa shape index (κ2) is 25.1. The highest BCUT2D eigenvalue weighted by atomic mass is 14.0. The Morgan fingerprint density at radius 1 is 0.471 bits per heavy atom. The summed E-state index contributed by atoms with van der Waals surface area (Å²) in [7, 11) is 0. The molecule has 0 N–H and O–H groups in total. The number of rotatable bonds is 26. The van der Waals surface area contributed by atoms with Gasteiger partial charge >= 0.3 is 0 Å². The molecule has 1 rings (SSSR count). The predicted octanol–water partition coefficient (Wildman–Crippen LogP) is 12.2. The van der Waals surface area contributed by atoms with Gasteiger partial charge in [0.2, 0.25) is 0 Å². The Morgan fingerprint density at radius 2 is 0.794 bits per heavy atom. The molecule has 0 amide bonds. The molecule has 0 fully saturated rings. The molecular formula is C34H60. The van der Waals surface area contributed by atoms with Gasteiger partial charge in [0.05, 0.1) is 0 Å². The highest BCUT2D eigenvalue weighted by molar-refractivity contribution is 5.20. The Morgan fingerprint density at radius 3 is 1.15 bits per heavy atom. The second-order valence-electron chi connectivity index (χ2n) is 10.9. The maximum absolute atomic E-state index is 4.28. The van der Waals surface area contributed by atoms with Crippen LogP contribution in [0.2, 0.25) is 0 Å². The molecule has 0 aliphatic rings. The minimum atomic E-state index is 1.06. The number of hydrogen-bond donors (Lipinski definition) is 0. The van der Waals surface area contributed by atoms with Crippen molar-refractivity contribution >= 4 is 0 Å². The monoisotopic (exact) mass is 468 g/mol. The summed E-state index contributed by atoms with van der Waals surface area (Å²) in [6.07, 6.45) is 35.7. The van der Waals surface area contributed by atoms with Crippen molar-refractivity contribution in [2.75, 3.05) is 0 Å². The summed E-state index contributed by atoms with van der Waals surface area (Å²) in [6.45, 7) is 6.58. The highest BCUT2D eigenvalue weighted by Crippen LogP contribution is 2.17. The maximum Gasteiger partial charge on any atom is -0.00698 e. The van der Waals surface area contributed by atoms with E-state index in [2.05, 4.69) is 43.8 Å². The first-order chi connectivity index (χ1) is 16.8. The Labute approximate surface area is 215 Å². The van der Waals surface area contributed by atoms with Gasteiger partial charge in [-0.3, -0.25) is 0 Å². The van der Waals surface area contributed by atoms with Crippen LogP contribution in [0.1, 0.15) is 167 Å². The second-order valence-corrected chi connectivity index (χ2v) is 10.9. The van der Waals surface area contributed by atoms with E-state index < -0.39 is 0 Å². The van der Waals surface area contributed by atoms with E-state index in [-0.39, 0.29) is 0 Å². The molecular weight excluding hydrogens is 408 g/mol. The SMILES string of the molecule is C=C(CCCCCCCCCCCCCCCCCCCCCCCCC)Cc1ccccc1. The largest absolute Gasteiger partial charge is 0.0995 e. The van der Waals surface area contributed by atoms with Crippen molar-refractivity contribution < 1.29 is 0 Å². The molecule has 0 spiro atoms. The van der Waals surface area contributed by atoms with Crippen LogP contribution in [0.4, 0.5) is 0 Å². The van der Waals surface area contributed by atoms with Gasteiger partial charge in [-0.15, -0.1) is 0 Å². The molecule has 34 heavy (non-hydrogen) atoms. The topological polar surface area (TPSA) is 0 Å². The lowest BCUT2D eigenvalue weighted by molar-refractivity contribution is 0.518. The molecule has 0 heterocycles. The van der Waals surface area contributed by atoms with Gasteiger partial charge in [0.25, 0.3) is 0 Å². The first-order valence-corrected chi connectivity index (χ1v) is 15.5. The molecule has 0 aromatic heterocycles. The molecule has 0 aliphatic carbocycles. The summed E-state index contributed by atoms with van der Waals surface area (Å²) >= 11 is 0. The smallest absolute Gasteiger partial charge is 0.00698 e. The molecule has 196 valence electrons. The number of unbranched alkanes of at least 4 members (excludes halogenated alkanes) is 22. The third kappa shape index (κ3) is 21.5. The summed E-state index contributed by atoms with van der Waals surface area (Å²) in [5.41, 5.74) is 2.80. The van der Waals surface area contributed by atoms with Gasteiger partial charge in [0, 0.05) is 0 Å². The van der Waals surface area contributed by atoms with Crippen molar-refractivity contribution in [3.05, 3.63) is 48.0 Å². The molecule has 0 radical (unpaired) electrons. The van der Waals surface area contributed by atoms with Crippen LogP contribution in [-0.4, -0.2) is 0 Å². The predicted molar refractivity (Wildman–Crippen MR) is 156 cm³/mol. The lowest BCUT2D eigenvalue weighted by atomic mass is 10.00. The van der Waals surface area contributed by atoms with Gasteiger partial charge in [-0.25, -0.2) is 0 Å². The molecule has 0 atom stereocenters. The molecule has 0 heteroatoms. The number of hydrogen-bond acceptors (Lipinski definition) is 0. The summed E-state index contributed by atoms with van der Waals surface area (Å²) in [6, 6.07) is 10.8. The van der Waals surface area contributed by atoms with Crippen LogP contribution < -0.4 is 0 Å². The van der Waals surface area contributed by atoms with E-state index in [0.717, 1.165) is 6.42 Å². The summed E-state index contributed by atoms with van der Waals surface area (Å²) < 4.78 is 0. The molecule has 1 aromatic rings. The Hall–Kier alpha value is -1.04. The average molecular weight is 469 g/mol. The molecule has 1 aromatic carbocycles. The minimum absolute atomic E-state index is 1.06. The van der Waals surface area contributed by atoms with E-state index in [1.807, 2.05) is 0 Å². The zero-order chi connectivity index (χ0) is 24.4. The van der Waals surface area contributed by atoms with Gasteiger partial charge in [0.1, 0.15) is 0 Å². The van der Waals surface area contributed by atoms with Crippen LogP contribution >= 0.6 is 0 Å². The van der Waals surface area contributed by atoms with Crippen LogP contribution in [0, 0.1) is 0 Å². The van der Waals surface area contributed by atoms with Gasteiger partial charge < -0.3 is 0 Å². The molecule has 0 bridgehead atoms. The third-order valence-electron chi connectivity index (χ3n) is 7.43. The molecule has 0 nitrogen and oxygen atoms in total. The van der Waals surface area contributed by atoms with Crippen LogP contribution in [0.3, 0.4) is 0 Å². The Bertz CT molecular complexity index is 528. The normalized spacial score (nSPS) is 11.2. The lowest BCUT2D eigenvalue weighted by Crippen LogP contribution is -1.90. The molecule has 0 saturated carbocycles. The van der Waals surface area contributed by atoms with Gasteiger partial charge in [-0.1, -0.05) is 191 Å². The average Bonchev–Trinajstić information content (AvgIpc) is 2.85. The molecule has 0 unspecified atom stereocenters. The summed E-state index contributed by atoms with van der Waals surface area (Å²) in [4.78, 5) is 0. The van der Waals surface area contributed by atoms with E-state index in [0.29, 0.717) is 0 Å². The van der Waals surface area contributed by atoms with Gasteiger partial charge in [-0.2, -0.15) is 0 Å². The van der Waals surface area contributed by atoms with Crippen molar-refractivity contribution in [1.29, 1.82) is 0 Å². The van der Waals surface area contributed by atoms with Crippen LogP contribution in [0.25, 0.3) is 0 Å². The zero-order valence-electron chi connectivity index (χ0n) is 23.3. The first kappa shape index (κ1) is 31.0. The van der Waals surface area contributed by atoms with Crippen LogP contribution in [0.5, 0.6) is 0 Å². The minimum Gasteiger partial charge on any atom is -0.0995 e. The summed E-state index contributed by atoms with van der Waals surface area (Å²) in [5, 5.41) is 0. The van der Waals surface area contributed by atoms with E-state index in [4.69, 9.17) is 0 Å². The van der Waals surface area contributed by atoms with Crippen molar-refractivity contribution in [2.24, 2.45) is 0 Å². The third-order valence-corrected chi connectivity index (χ3v) is 7.43. The van der Waals surface area contributed by atoms with Crippen molar-refractivity contribution in [1.82, 2.24) is 0 Å². The Balaban J connectivity index is 1.69. The lowest BCUT2D eigenvalue weighted by Gasteiger charge is -2.06. The zero-order valence-corrected chi connectivity index (χ0v) is 23.3. The fourth-order valence-electron chi connectivity index (χ4n) is 5.13. The van der Waals surface area contributed by atoms with Gasteiger partial charge in [-0.05, 0) is 24.8 Å². The van der Waals surface area contributed by atoms with E-state index in [1.165, 1.54) is 165 Å². The van der Waals surface area contributed by atoms with E-state index >= 15 is 0 Å². The standard InChI is InChI=1S/C34H60/c1-3-4-5-6-7-8-9-10-11-12-13-14-15-16-17-18-19-20-21-22-23-24-26-29-33(2)32-34-30-27-25-28-31-34/h25,27-28,30-31H,2-24,26,29,32H2,1H3. The number of allylic oxidation sites excluding steroid dienone is 1. The van der Waals surface area contributed by atoms with Crippen molar-refractivity contribution in [3.63, 3.8) is 0 Å². The van der Waals surface area contributed by atoms with E-state index in [9.17, 15) is 0 Å². The van der Waals surface area contributed by atoms with Gasteiger partial charge in [0.15, 0.2) is 0 Å². The molecule has 0 saturated heterocycles. The Kier molecular flexibility index (Phi) is 22.8. The van der Waals surface area contributed by atoms with Crippen LogP contribution in [0.15, 0.2) is 42.5 Å². The quantitative estimate of drug-likeness (QED) is 0.0936. The highest BCUT2D eigenvalue weighted by Gasteiger charge is 1.99. The van der Waals surface area contributed by atoms with Crippen molar-refractivity contribution in [3.8, 4) is 0 Å². The van der Waals surface area contributed by atoms with Crippen molar-refractivity contribution in [2.45, 2.75) is 167 Å². The fourth-order valence-corrected chi connectivity index (χ4v) is 5.13. The number of benzene rings is 1. The molecule has 0 aliphatic heterocycles. The van der Waals surface area contributed by atoms with E-state index in [1.54, 1.807) is 0 Å². The maximum atomic E-state index is 4.28.